The summed E-state index contributed by atoms with van der Waals surface area (Å²) in [4.78, 5) is 13.7. The van der Waals surface area contributed by atoms with Crippen molar-refractivity contribution in [3.05, 3.63) is 17.0 Å². The van der Waals surface area contributed by atoms with Gasteiger partial charge in [0, 0.05) is 24.9 Å². The molecule has 0 aliphatic carbocycles. The SMILES string of the molecule is CC(C)(C)OC(=O)N1CCc2noc(CCN)c2C1. The Hall–Kier alpha value is -1.56. The molecule has 0 saturated carbocycles. The highest BCUT2D eigenvalue weighted by atomic mass is 16.6. The molecule has 2 heterocycles. The molecule has 6 heteroatoms. The fourth-order valence-electron chi connectivity index (χ4n) is 2.08. The number of hydrogen-bond acceptors (Lipinski definition) is 5. The van der Waals surface area contributed by atoms with Gasteiger partial charge in [0.25, 0.3) is 0 Å². The zero-order valence-corrected chi connectivity index (χ0v) is 11.7. The van der Waals surface area contributed by atoms with Crippen LogP contribution >= 0.6 is 0 Å². The largest absolute Gasteiger partial charge is 0.444 e. The fourth-order valence-corrected chi connectivity index (χ4v) is 2.08. The second kappa shape index (κ2) is 5.21. The van der Waals surface area contributed by atoms with Crippen molar-refractivity contribution in [2.45, 2.75) is 45.8 Å². The first-order chi connectivity index (χ1) is 8.90. The monoisotopic (exact) mass is 267 g/mol. The van der Waals surface area contributed by atoms with Gasteiger partial charge in [0.05, 0.1) is 12.2 Å². The van der Waals surface area contributed by atoms with E-state index in [1.54, 1.807) is 4.90 Å². The molecule has 1 amide bonds. The summed E-state index contributed by atoms with van der Waals surface area (Å²) in [5, 5.41) is 4.03. The number of amides is 1. The van der Waals surface area contributed by atoms with E-state index in [1.807, 2.05) is 20.8 Å². The molecule has 0 fully saturated rings. The number of hydrogen-bond donors (Lipinski definition) is 1. The Labute approximate surface area is 112 Å². The molecule has 0 atom stereocenters. The van der Waals surface area contributed by atoms with Crippen LogP contribution in [0.3, 0.4) is 0 Å². The van der Waals surface area contributed by atoms with E-state index in [-0.39, 0.29) is 6.09 Å². The maximum Gasteiger partial charge on any atom is 0.410 e. The Kier molecular flexibility index (Phi) is 3.80. The molecule has 0 aromatic carbocycles. The highest BCUT2D eigenvalue weighted by Crippen LogP contribution is 2.23. The summed E-state index contributed by atoms with van der Waals surface area (Å²) in [5.74, 6) is 0.783. The first kappa shape index (κ1) is 13.9. The maximum atomic E-state index is 12.0. The molecule has 0 bridgehead atoms. The number of carbonyl (C=O) groups is 1. The molecule has 0 radical (unpaired) electrons. The molecule has 0 saturated heterocycles. The van der Waals surface area contributed by atoms with Crippen LogP contribution in [0.15, 0.2) is 4.52 Å². The van der Waals surface area contributed by atoms with Crippen molar-refractivity contribution >= 4 is 6.09 Å². The van der Waals surface area contributed by atoms with Gasteiger partial charge in [0.1, 0.15) is 11.4 Å². The Bertz CT molecular complexity index is 462. The molecule has 1 aliphatic heterocycles. The van der Waals surface area contributed by atoms with Crippen molar-refractivity contribution in [2.24, 2.45) is 5.73 Å². The number of carbonyl (C=O) groups excluding carboxylic acids is 1. The lowest BCUT2D eigenvalue weighted by Crippen LogP contribution is -2.40. The smallest absolute Gasteiger partial charge is 0.410 e. The molecule has 1 aromatic heterocycles. The second-order valence-corrected chi connectivity index (χ2v) is 5.72. The van der Waals surface area contributed by atoms with E-state index in [4.69, 9.17) is 15.0 Å². The standard InChI is InChI=1S/C13H21N3O3/c1-13(2,3)18-12(17)16-7-5-10-9(8-16)11(4-6-14)19-15-10/h4-8,14H2,1-3H3. The third-order valence-corrected chi connectivity index (χ3v) is 2.94. The van der Waals surface area contributed by atoms with Crippen LogP contribution in [-0.4, -0.2) is 34.8 Å². The van der Waals surface area contributed by atoms with Crippen molar-refractivity contribution in [3.8, 4) is 0 Å². The summed E-state index contributed by atoms with van der Waals surface area (Å²) in [6, 6.07) is 0. The average molecular weight is 267 g/mol. The summed E-state index contributed by atoms with van der Waals surface area (Å²) in [7, 11) is 0. The maximum absolute atomic E-state index is 12.0. The Morgan fingerprint density at radius 2 is 2.26 bits per heavy atom. The van der Waals surface area contributed by atoms with Crippen LogP contribution in [0.4, 0.5) is 4.79 Å². The van der Waals surface area contributed by atoms with Gasteiger partial charge >= 0.3 is 6.09 Å². The predicted molar refractivity (Wildman–Crippen MR) is 69.6 cm³/mol. The van der Waals surface area contributed by atoms with Crippen LogP contribution in [-0.2, 0) is 24.1 Å². The van der Waals surface area contributed by atoms with E-state index in [0.717, 1.165) is 17.0 Å². The summed E-state index contributed by atoms with van der Waals surface area (Å²) in [5.41, 5.74) is 6.98. The molecule has 1 aromatic rings. The summed E-state index contributed by atoms with van der Waals surface area (Å²) < 4.78 is 10.7. The van der Waals surface area contributed by atoms with Crippen molar-refractivity contribution in [1.82, 2.24) is 10.1 Å². The lowest BCUT2D eigenvalue weighted by Gasteiger charge is -2.29. The number of fused-ring (bicyclic) bond motifs is 1. The lowest BCUT2D eigenvalue weighted by molar-refractivity contribution is 0.0223. The summed E-state index contributed by atoms with van der Waals surface area (Å²) in [6.07, 6.45) is 1.05. The molecular formula is C13H21N3O3. The van der Waals surface area contributed by atoms with Crippen molar-refractivity contribution in [2.75, 3.05) is 13.1 Å². The third-order valence-electron chi connectivity index (χ3n) is 2.94. The van der Waals surface area contributed by atoms with E-state index in [2.05, 4.69) is 5.16 Å². The van der Waals surface area contributed by atoms with Gasteiger partial charge in [-0.2, -0.15) is 0 Å². The number of nitrogens with two attached hydrogens (primary N) is 1. The number of ether oxygens (including phenoxy) is 1. The van der Waals surface area contributed by atoms with Gasteiger partial charge < -0.3 is 19.9 Å². The molecule has 19 heavy (non-hydrogen) atoms. The molecule has 106 valence electrons. The van der Waals surface area contributed by atoms with E-state index in [9.17, 15) is 4.79 Å². The number of nitrogens with zero attached hydrogens (tertiary/aromatic N) is 2. The first-order valence-corrected chi connectivity index (χ1v) is 6.55. The topological polar surface area (TPSA) is 81.6 Å². The summed E-state index contributed by atoms with van der Waals surface area (Å²) >= 11 is 0. The zero-order valence-electron chi connectivity index (χ0n) is 11.7. The first-order valence-electron chi connectivity index (χ1n) is 6.55. The normalized spacial score (nSPS) is 15.3. The van der Waals surface area contributed by atoms with Crippen molar-refractivity contribution < 1.29 is 14.1 Å². The van der Waals surface area contributed by atoms with Crippen molar-refractivity contribution in [3.63, 3.8) is 0 Å². The second-order valence-electron chi connectivity index (χ2n) is 5.72. The molecule has 2 N–H and O–H groups in total. The molecule has 0 unspecified atom stereocenters. The minimum absolute atomic E-state index is 0.293. The van der Waals surface area contributed by atoms with Crippen LogP contribution in [0.25, 0.3) is 0 Å². The van der Waals surface area contributed by atoms with E-state index < -0.39 is 5.60 Å². The highest BCUT2D eigenvalue weighted by Gasteiger charge is 2.29. The number of rotatable bonds is 2. The highest BCUT2D eigenvalue weighted by molar-refractivity contribution is 5.68. The van der Waals surface area contributed by atoms with Gasteiger partial charge in [-0.25, -0.2) is 4.79 Å². The van der Waals surface area contributed by atoms with Crippen LogP contribution in [0.1, 0.15) is 37.8 Å². The minimum Gasteiger partial charge on any atom is -0.444 e. The van der Waals surface area contributed by atoms with Gasteiger partial charge in [-0.15, -0.1) is 0 Å². The average Bonchev–Trinajstić information content (AvgIpc) is 2.70. The fraction of sp³-hybridized carbons (Fsp3) is 0.692. The van der Waals surface area contributed by atoms with Crippen molar-refractivity contribution in [1.29, 1.82) is 0 Å². The van der Waals surface area contributed by atoms with Gasteiger partial charge in [-0.05, 0) is 27.3 Å². The third kappa shape index (κ3) is 3.26. The number of aromatic nitrogens is 1. The van der Waals surface area contributed by atoms with E-state index >= 15 is 0 Å². The van der Waals surface area contributed by atoms with Gasteiger partial charge in [-0.1, -0.05) is 5.16 Å². The summed E-state index contributed by atoms with van der Waals surface area (Å²) in [6.45, 7) is 7.19. The Morgan fingerprint density at radius 3 is 2.89 bits per heavy atom. The molecule has 2 rings (SSSR count). The molecule has 0 spiro atoms. The van der Waals surface area contributed by atoms with Gasteiger partial charge in [0.2, 0.25) is 0 Å². The lowest BCUT2D eigenvalue weighted by atomic mass is 10.0. The van der Waals surface area contributed by atoms with Crippen LogP contribution in [0.5, 0.6) is 0 Å². The molecule has 1 aliphatic rings. The zero-order chi connectivity index (χ0) is 14.0. The minimum atomic E-state index is -0.480. The Morgan fingerprint density at radius 1 is 1.53 bits per heavy atom. The van der Waals surface area contributed by atoms with Gasteiger partial charge in [0.15, 0.2) is 0 Å². The van der Waals surface area contributed by atoms with Gasteiger partial charge in [-0.3, -0.25) is 0 Å². The predicted octanol–water partition coefficient (Wildman–Crippen LogP) is 1.47. The van der Waals surface area contributed by atoms with E-state index in [0.29, 0.717) is 32.5 Å². The molecule has 6 nitrogen and oxygen atoms in total. The van der Waals surface area contributed by atoms with E-state index in [1.165, 1.54) is 0 Å². The van der Waals surface area contributed by atoms with Crippen LogP contribution in [0, 0.1) is 0 Å². The van der Waals surface area contributed by atoms with Crippen LogP contribution in [0.2, 0.25) is 0 Å². The Balaban J connectivity index is 2.08. The molecular weight excluding hydrogens is 246 g/mol. The van der Waals surface area contributed by atoms with Crippen LogP contribution < -0.4 is 5.73 Å². The quantitative estimate of drug-likeness (QED) is 0.877.